The molecule has 0 fully saturated rings. The molecule has 0 aliphatic rings. The number of rotatable bonds is 5. The maximum absolute atomic E-state index is 10.9. The van der Waals surface area contributed by atoms with Gasteiger partial charge in [0, 0.05) is 19.8 Å². The molecule has 0 radical (unpaired) electrons. The van der Waals surface area contributed by atoms with Crippen LogP contribution < -0.4 is 0 Å². The monoisotopic (exact) mass is 200 g/mol. The van der Waals surface area contributed by atoms with Gasteiger partial charge in [-0.25, -0.2) is 0 Å². The van der Waals surface area contributed by atoms with Crippen molar-refractivity contribution < 1.29 is 13.9 Å². The average Bonchev–Trinajstić information content (AvgIpc) is 2.53. The third kappa shape index (κ3) is 3.24. The van der Waals surface area contributed by atoms with E-state index < -0.39 is 0 Å². The smallest absolute Gasteiger partial charge is 0.194 e. The van der Waals surface area contributed by atoms with Gasteiger partial charge in [0.15, 0.2) is 16.6 Å². The van der Waals surface area contributed by atoms with Crippen molar-refractivity contribution in [2.24, 2.45) is 0 Å². The van der Waals surface area contributed by atoms with Crippen LogP contribution >= 0.6 is 11.8 Å². The first-order valence-corrected chi connectivity index (χ1v) is 4.95. The van der Waals surface area contributed by atoms with Crippen LogP contribution in [0.15, 0.2) is 21.6 Å². The number of furan rings is 1. The normalized spacial score (nSPS) is 10.3. The lowest BCUT2D eigenvalue weighted by atomic mass is 10.3. The zero-order valence-corrected chi connectivity index (χ0v) is 8.52. The molecule has 1 rings (SSSR count). The summed E-state index contributed by atoms with van der Waals surface area (Å²) in [6, 6.07) is 3.49. The molecule has 0 atom stereocenters. The summed E-state index contributed by atoms with van der Waals surface area (Å²) in [7, 11) is 1.66. The van der Waals surface area contributed by atoms with Crippen LogP contribution in [0.25, 0.3) is 0 Å². The SMILES string of the molecule is COCCSc1ccc(C(C)=O)o1. The van der Waals surface area contributed by atoms with Crippen molar-refractivity contribution in [1.82, 2.24) is 0 Å². The second-order valence-electron chi connectivity index (χ2n) is 2.52. The number of ketones is 1. The molecule has 3 nitrogen and oxygen atoms in total. The summed E-state index contributed by atoms with van der Waals surface area (Å²) in [5, 5.41) is 0.766. The molecular formula is C9H12O3S. The summed E-state index contributed by atoms with van der Waals surface area (Å²) in [4.78, 5) is 10.9. The third-order valence-electron chi connectivity index (χ3n) is 1.46. The van der Waals surface area contributed by atoms with E-state index >= 15 is 0 Å². The Labute approximate surface area is 81.4 Å². The molecular weight excluding hydrogens is 188 g/mol. The van der Waals surface area contributed by atoms with Crippen LogP contribution in [0.5, 0.6) is 0 Å². The Morgan fingerprint density at radius 2 is 2.38 bits per heavy atom. The summed E-state index contributed by atoms with van der Waals surface area (Å²) >= 11 is 1.54. The first-order chi connectivity index (χ1) is 6.24. The lowest BCUT2D eigenvalue weighted by Gasteiger charge is -1.95. The molecule has 0 saturated carbocycles. The van der Waals surface area contributed by atoms with Gasteiger partial charge in [-0.2, -0.15) is 0 Å². The van der Waals surface area contributed by atoms with E-state index in [1.165, 1.54) is 18.7 Å². The van der Waals surface area contributed by atoms with E-state index in [0.29, 0.717) is 12.4 Å². The zero-order valence-electron chi connectivity index (χ0n) is 7.70. The Hall–Kier alpha value is -0.740. The minimum Gasteiger partial charge on any atom is -0.447 e. The van der Waals surface area contributed by atoms with E-state index in [2.05, 4.69) is 0 Å². The van der Waals surface area contributed by atoms with Gasteiger partial charge < -0.3 is 9.15 Å². The van der Waals surface area contributed by atoms with Crippen molar-refractivity contribution in [2.45, 2.75) is 12.0 Å². The summed E-state index contributed by atoms with van der Waals surface area (Å²) in [6.45, 7) is 2.17. The second kappa shape index (κ2) is 5.09. The minimum atomic E-state index is -0.0430. The van der Waals surface area contributed by atoms with Gasteiger partial charge >= 0.3 is 0 Å². The molecule has 0 spiro atoms. The van der Waals surface area contributed by atoms with E-state index in [4.69, 9.17) is 9.15 Å². The molecule has 4 heteroatoms. The molecule has 0 aromatic carbocycles. The molecule has 0 unspecified atom stereocenters. The lowest BCUT2D eigenvalue weighted by molar-refractivity contribution is 0.0982. The first-order valence-electron chi connectivity index (χ1n) is 3.96. The highest BCUT2D eigenvalue weighted by molar-refractivity contribution is 7.99. The van der Waals surface area contributed by atoms with E-state index in [1.54, 1.807) is 19.2 Å². The number of thioether (sulfide) groups is 1. The molecule has 13 heavy (non-hydrogen) atoms. The molecule has 0 aliphatic carbocycles. The summed E-state index contributed by atoms with van der Waals surface area (Å²) < 4.78 is 10.1. The standard InChI is InChI=1S/C9H12O3S/c1-7(10)8-3-4-9(12-8)13-6-5-11-2/h3-4H,5-6H2,1-2H3. The Balaban J connectivity index is 2.44. The van der Waals surface area contributed by atoms with Crippen molar-refractivity contribution in [3.05, 3.63) is 17.9 Å². The number of methoxy groups -OCH3 is 1. The van der Waals surface area contributed by atoms with Crippen molar-refractivity contribution >= 4 is 17.5 Å². The third-order valence-corrected chi connectivity index (χ3v) is 2.33. The van der Waals surface area contributed by atoms with Crippen LogP contribution in [0.3, 0.4) is 0 Å². The molecule has 1 heterocycles. The lowest BCUT2D eigenvalue weighted by Crippen LogP contribution is -1.90. The highest BCUT2D eigenvalue weighted by Gasteiger charge is 2.05. The van der Waals surface area contributed by atoms with Gasteiger partial charge in [-0.15, -0.1) is 0 Å². The molecule has 0 aliphatic heterocycles. The maximum atomic E-state index is 10.9. The van der Waals surface area contributed by atoms with Gasteiger partial charge in [0.05, 0.1) is 6.61 Å². The van der Waals surface area contributed by atoms with Crippen molar-refractivity contribution in [3.63, 3.8) is 0 Å². The van der Waals surface area contributed by atoms with Gasteiger partial charge in [0.2, 0.25) is 0 Å². The molecule has 0 amide bonds. The quantitative estimate of drug-likeness (QED) is 0.415. The number of carbonyl (C=O) groups excluding carboxylic acids is 1. The van der Waals surface area contributed by atoms with Gasteiger partial charge in [0.25, 0.3) is 0 Å². The fourth-order valence-electron chi connectivity index (χ4n) is 0.813. The zero-order chi connectivity index (χ0) is 9.68. The Kier molecular flexibility index (Phi) is 4.05. The number of ether oxygens (including phenoxy) is 1. The molecule has 1 aromatic rings. The Morgan fingerprint density at radius 3 is 2.92 bits per heavy atom. The number of hydrogen-bond acceptors (Lipinski definition) is 4. The minimum absolute atomic E-state index is 0.0430. The predicted molar refractivity (Wildman–Crippen MR) is 51.3 cm³/mol. The van der Waals surface area contributed by atoms with E-state index in [-0.39, 0.29) is 5.78 Å². The number of hydrogen-bond donors (Lipinski definition) is 0. The van der Waals surface area contributed by atoms with Gasteiger partial charge in [-0.05, 0) is 12.1 Å². The Morgan fingerprint density at radius 1 is 1.62 bits per heavy atom. The van der Waals surface area contributed by atoms with Crippen LogP contribution in [-0.4, -0.2) is 25.3 Å². The van der Waals surface area contributed by atoms with Crippen molar-refractivity contribution in [1.29, 1.82) is 0 Å². The van der Waals surface area contributed by atoms with E-state index in [1.807, 2.05) is 0 Å². The van der Waals surface area contributed by atoms with Crippen LogP contribution in [0.4, 0.5) is 0 Å². The summed E-state index contributed by atoms with van der Waals surface area (Å²) in [6.07, 6.45) is 0. The van der Waals surface area contributed by atoms with Gasteiger partial charge in [0.1, 0.15) is 0 Å². The fraction of sp³-hybridized carbons (Fsp3) is 0.444. The van der Waals surface area contributed by atoms with Crippen LogP contribution in [0.1, 0.15) is 17.5 Å². The molecule has 72 valence electrons. The Bertz CT molecular complexity index is 280. The molecule has 0 bridgehead atoms. The van der Waals surface area contributed by atoms with Gasteiger partial charge in [-0.3, -0.25) is 4.79 Å². The molecule has 0 saturated heterocycles. The van der Waals surface area contributed by atoms with Crippen molar-refractivity contribution in [3.8, 4) is 0 Å². The predicted octanol–water partition coefficient (Wildman–Crippen LogP) is 2.22. The van der Waals surface area contributed by atoms with Crippen LogP contribution in [0.2, 0.25) is 0 Å². The maximum Gasteiger partial charge on any atom is 0.194 e. The number of carbonyl (C=O) groups is 1. The van der Waals surface area contributed by atoms with Gasteiger partial charge in [-0.1, -0.05) is 11.8 Å². The fourth-order valence-corrected chi connectivity index (χ4v) is 1.58. The van der Waals surface area contributed by atoms with E-state index in [0.717, 1.165) is 10.8 Å². The highest BCUT2D eigenvalue weighted by Crippen LogP contribution is 2.20. The largest absolute Gasteiger partial charge is 0.447 e. The second-order valence-corrected chi connectivity index (χ2v) is 3.62. The topological polar surface area (TPSA) is 39.4 Å². The average molecular weight is 200 g/mol. The molecule has 0 N–H and O–H groups in total. The van der Waals surface area contributed by atoms with E-state index in [9.17, 15) is 4.79 Å². The molecule has 1 aromatic heterocycles. The van der Waals surface area contributed by atoms with Crippen LogP contribution in [0, 0.1) is 0 Å². The summed E-state index contributed by atoms with van der Waals surface area (Å²) in [5.41, 5.74) is 0. The first kappa shape index (κ1) is 10.3. The summed E-state index contributed by atoms with van der Waals surface area (Å²) in [5.74, 6) is 1.21. The number of Topliss-reactive ketones (excluding diaryl/α,β-unsaturated/α-hetero) is 1. The van der Waals surface area contributed by atoms with Crippen LogP contribution in [-0.2, 0) is 4.74 Å². The highest BCUT2D eigenvalue weighted by atomic mass is 32.2. The van der Waals surface area contributed by atoms with Crippen molar-refractivity contribution in [2.75, 3.05) is 19.5 Å².